The highest BCUT2D eigenvalue weighted by molar-refractivity contribution is 5.30. The average molecular weight is 293 g/mol. The number of likely N-dealkylation sites (N-methyl/N-ethyl adjacent to an activating group) is 1. The highest BCUT2D eigenvalue weighted by Gasteiger charge is 2.30. The van der Waals surface area contributed by atoms with Crippen LogP contribution in [0.25, 0.3) is 0 Å². The summed E-state index contributed by atoms with van der Waals surface area (Å²) in [4.78, 5) is 5.31. The van der Waals surface area contributed by atoms with E-state index < -0.39 is 23.9 Å². The molecule has 8 heteroatoms. The molecule has 0 bridgehead atoms. The molecule has 5 nitrogen and oxygen atoms in total. The summed E-state index contributed by atoms with van der Waals surface area (Å²) in [5.74, 6) is 0.0815. The number of pyridine rings is 1. The summed E-state index contributed by atoms with van der Waals surface area (Å²) in [5, 5.41) is 18.1. The van der Waals surface area contributed by atoms with Gasteiger partial charge in [0.25, 0.3) is 0 Å². The normalized spacial score (nSPS) is 23.9. The van der Waals surface area contributed by atoms with Gasteiger partial charge < -0.3 is 20.8 Å². The zero-order valence-corrected chi connectivity index (χ0v) is 11.0. The molecule has 1 aliphatic heterocycles. The molecule has 0 saturated carbocycles. The predicted octanol–water partition coefficient (Wildman–Crippen LogP) is 0.726. The van der Waals surface area contributed by atoms with Gasteiger partial charge in [0, 0.05) is 19.3 Å². The molecule has 2 heterocycles. The van der Waals surface area contributed by atoms with Gasteiger partial charge in [0.15, 0.2) is 0 Å². The molecule has 0 spiro atoms. The summed E-state index contributed by atoms with van der Waals surface area (Å²) in [5.41, 5.74) is 4.31. The van der Waals surface area contributed by atoms with E-state index in [0.29, 0.717) is 19.2 Å². The Balaban J connectivity index is 0.000000204. The predicted molar refractivity (Wildman–Crippen MR) is 67.8 cm³/mol. The van der Waals surface area contributed by atoms with Gasteiger partial charge in [-0.25, -0.2) is 4.98 Å². The molecule has 1 aromatic heterocycles. The number of nitrogen functional groups attached to an aromatic ring is 1. The van der Waals surface area contributed by atoms with Gasteiger partial charge >= 0.3 is 6.18 Å². The Bertz CT molecular complexity index is 411. The maximum atomic E-state index is 11.8. The van der Waals surface area contributed by atoms with Crippen LogP contribution in [0.5, 0.6) is 0 Å². The first-order valence-electron chi connectivity index (χ1n) is 6.03. The molecule has 1 aliphatic rings. The molecular formula is C12H18F3N3O2. The smallest absolute Gasteiger partial charge is 0.390 e. The Morgan fingerprint density at radius 3 is 2.35 bits per heavy atom. The number of hydrogen-bond donors (Lipinski definition) is 3. The molecular weight excluding hydrogens is 275 g/mol. The third-order valence-corrected chi connectivity index (χ3v) is 2.86. The number of nitrogens with two attached hydrogens (primary N) is 1. The van der Waals surface area contributed by atoms with Crippen molar-refractivity contribution < 1.29 is 23.4 Å². The lowest BCUT2D eigenvalue weighted by atomic mass is 10.1. The van der Waals surface area contributed by atoms with Crippen molar-refractivity contribution in [2.75, 3.05) is 25.9 Å². The number of piperidine rings is 1. The van der Waals surface area contributed by atoms with Crippen LogP contribution in [0.2, 0.25) is 0 Å². The lowest BCUT2D eigenvalue weighted by Gasteiger charge is -2.30. The first-order chi connectivity index (χ1) is 9.20. The molecule has 1 aromatic rings. The fourth-order valence-corrected chi connectivity index (χ4v) is 1.65. The number of β-amino-alcohol motifs (C(OH)–C–C–N with tert-alkyl or cyclic N) is 1. The molecule has 2 atom stereocenters. The van der Waals surface area contributed by atoms with Crippen LogP contribution in [-0.2, 0) is 6.18 Å². The standard InChI is InChI=1S/C6H5F3N2.C6H13NO2/c7-6(8,9)4-1-2-5(10)11-3-4;1-7-3-2-5(8)6(9)4-7/h1-3H,(H2,10,11);5-6,8-9H,2-4H2,1H3. The number of aliphatic hydroxyl groups excluding tert-OH is 2. The minimum absolute atomic E-state index is 0.0815. The van der Waals surface area contributed by atoms with Crippen molar-refractivity contribution in [3.05, 3.63) is 23.9 Å². The molecule has 114 valence electrons. The maximum Gasteiger partial charge on any atom is 0.417 e. The topological polar surface area (TPSA) is 82.6 Å². The second-order valence-corrected chi connectivity index (χ2v) is 4.66. The molecule has 1 fully saturated rings. The van der Waals surface area contributed by atoms with Crippen LogP contribution in [0.15, 0.2) is 18.3 Å². The van der Waals surface area contributed by atoms with E-state index in [1.54, 1.807) is 0 Å². The van der Waals surface area contributed by atoms with Crippen LogP contribution < -0.4 is 5.73 Å². The number of rotatable bonds is 0. The van der Waals surface area contributed by atoms with Gasteiger partial charge in [-0.1, -0.05) is 0 Å². The van der Waals surface area contributed by atoms with E-state index in [-0.39, 0.29) is 5.82 Å². The maximum absolute atomic E-state index is 11.8. The molecule has 1 saturated heterocycles. The first-order valence-corrected chi connectivity index (χ1v) is 6.03. The van der Waals surface area contributed by atoms with E-state index in [1.807, 2.05) is 11.9 Å². The Morgan fingerprint density at radius 1 is 1.30 bits per heavy atom. The van der Waals surface area contributed by atoms with Crippen LogP contribution in [0.3, 0.4) is 0 Å². The van der Waals surface area contributed by atoms with Gasteiger partial charge in [-0.15, -0.1) is 0 Å². The Labute approximate surface area is 114 Å². The molecule has 4 N–H and O–H groups in total. The van der Waals surface area contributed by atoms with Crippen molar-refractivity contribution in [3.63, 3.8) is 0 Å². The minimum atomic E-state index is -4.33. The third-order valence-electron chi connectivity index (χ3n) is 2.86. The lowest BCUT2D eigenvalue weighted by molar-refractivity contribution is -0.137. The minimum Gasteiger partial charge on any atom is -0.390 e. The number of nitrogens with zero attached hydrogens (tertiary/aromatic N) is 2. The zero-order valence-electron chi connectivity index (χ0n) is 11.0. The van der Waals surface area contributed by atoms with Crippen LogP contribution in [-0.4, -0.2) is 52.4 Å². The Hall–Kier alpha value is -1.38. The molecule has 0 aromatic carbocycles. The summed E-state index contributed by atoms with van der Waals surface area (Å²) in [6.07, 6.45) is -3.97. The molecule has 0 amide bonds. The van der Waals surface area contributed by atoms with Crippen molar-refractivity contribution in [2.24, 2.45) is 0 Å². The third kappa shape index (κ3) is 5.32. The summed E-state index contributed by atoms with van der Waals surface area (Å²) in [7, 11) is 1.94. The summed E-state index contributed by atoms with van der Waals surface area (Å²) in [6, 6.07) is 2.01. The van der Waals surface area contributed by atoms with Gasteiger partial charge in [0.1, 0.15) is 5.82 Å². The number of likely N-dealkylation sites (tertiary alicyclic amines) is 1. The van der Waals surface area contributed by atoms with Crippen molar-refractivity contribution in [2.45, 2.75) is 24.8 Å². The first kappa shape index (κ1) is 16.7. The van der Waals surface area contributed by atoms with Crippen molar-refractivity contribution in [1.82, 2.24) is 9.88 Å². The number of alkyl halides is 3. The fourth-order valence-electron chi connectivity index (χ4n) is 1.65. The van der Waals surface area contributed by atoms with E-state index in [9.17, 15) is 13.2 Å². The number of anilines is 1. The molecule has 2 rings (SSSR count). The number of aromatic nitrogens is 1. The number of halogens is 3. The van der Waals surface area contributed by atoms with Crippen LogP contribution in [0, 0.1) is 0 Å². The monoisotopic (exact) mass is 293 g/mol. The Morgan fingerprint density at radius 2 is 1.95 bits per heavy atom. The van der Waals surface area contributed by atoms with Gasteiger partial charge in [0.05, 0.1) is 17.8 Å². The second-order valence-electron chi connectivity index (χ2n) is 4.66. The van der Waals surface area contributed by atoms with Gasteiger partial charge in [-0.2, -0.15) is 13.2 Å². The molecule has 0 radical (unpaired) electrons. The highest BCUT2D eigenvalue weighted by Crippen LogP contribution is 2.28. The van der Waals surface area contributed by atoms with E-state index >= 15 is 0 Å². The largest absolute Gasteiger partial charge is 0.417 e. The summed E-state index contributed by atoms with van der Waals surface area (Å²) >= 11 is 0. The van der Waals surface area contributed by atoms with Crippen molar-refractivity contribution >= 4 is 5.82 Å². The van der Waals surface area contributed by atoms with Crippen LogP contribution >= 0.6 is 0 Å². The highest BCUT2D eigenvalue weighted by atomic mass is 19.4. The van der Waals surface area contributed by atoms with Gasteiger partial charge in [0.2, 0.25) is 0 Å². The SMILES string of the molecule is CN1CCC(O)C(O)C1.Nc1ccc(C(F)(F)F)cn1. The van der Waals surface area contributed by atoms with Crippen LogP contribution in [0.4, 0.5) is 19.0 Å². The second kappa shape index (κ2) is 6.87. The number of hydrogen-bond acceptors (Lipinski definition) is 5. The van der Waals surface area contributed by atoms with E-state index in [4.69, 9.17) is 15.9 Å². The average Bonchev–Trinajstić information content (AvgIpc) is 2.34. The molecule has 0 aliphatic carbocycles. The lowest BCUT2D eigenvalue weighted by Crippen LogP contribution is -2.44. The van der Waals surface area contributed by atoms with E-state index in [0.717, 1.165) is 18.7 Å². The Kier molecular flexibility index (Phi) is 5.73. The van der Waals surface area contributed by atoms with Crippen molar-refractivity contribution in [1.29, 1.82) is 0 Å². The van der Waals surface area contributed by atoms with E-state index in [2.05, 4.69) is 4.98 Å². The van der Waals surface area contributed by atoms with Crippen LogP contribution in [0.1, 0.15) is 12.0 Å². The van der Waals surface area contributed by atoms with Gasteiger partial charge in [-0.05, 0) is 25.6 Å². The van der Waals surface area contributed by atoms with Crippen molar-refractivity contribution in [3.8, 4) is 0 Å². The molecule has 2 unspecified atom stereocenters. The summed E-state index contributed by atoms with van der Waals surface area (Å²) < 4.78 is 35.5. The number of aliphatic hydroxyl groups is 2. The van der Waals surface area contributed by atoms with E-state index in [1.165, 1.54) is 0 Å². The zero-order chi connectivity index (χ0) is 15.3. The molecule has 20 heavy (non-hydrogen) atoms. The van der Waals surface area contributed by atoms with Gasteiger partial charge in [-0.3, -0.25) is 0 Å². The fraction of sp³-hybridized carbons (Fsp3) is 0.583. The quantitative estimate of drug-likeness (QED) is 0.657. The summed E-state index contributed by atoms with van der Waals surface area (Å²) in [6.45, 7) is 1.49.